The number of amides is 1. The number of aromatic nitrogens is 2. The van der Waals surface area contributed by atoms with E-state index in [1.807, 2.05) is 16.9 Å². The van der Waals surface area contributed by atoms with Crippen LogP contribution in [0, 0.1) is 15.5 Å². The first-order valence-corrected chi connectivity index (χ1v) is 22.4. The van der Waals surface area contributed by atoms with Crippen LogP contribution in [-0.4, -0.2) is 99.1 Å². The standard InChI is InChI=1S/C44H49ClF2N8O7S/c1-44(2)15-14-29(35(22-44)28-6-8-30(45)9-7-28)23-48-16-17-49-31-10-12-34(40(20-31)62-39-5-3-4-37-42(39)52-27-51-37)43(56)53-63(59,60)33-11-13-36(38(21-33)55(57)58)50-24-32-25-54(18-19-61-32)26-41(46)47/h3-13,20-21,27,32,41,48-50H,14-19,22-26H2,1-2H3,(H,51,52)(H,53,56). The van der Waals surface area contributed by atoms with E-state index < -0.39 is 50.5 Å². The lowest BCUT2D eigenvalue weighted by molar-refractivity contribution is -0.384. The Morgan fingerprint density at radius 3 is 2.67 bits per heavy atom. The van der Waals surface area contributed by atoms with Gasteiger partial charge in [0.2, 0.25) is 0 Å². The number of allylic oxidation sites excluding steroid dienone is 1. The van der Waals surface area contributed by atoms with Gasteiger partial charge in [-0.3, -0.25) is 19.8 Å². The molecule has 0 radical (unpaired) electrons. The third-order valence-electron chi connectivity index (χ3n) is 11.0. The summed E-state index contributed by atoms with van der Waals surface area (Å²) < 4.78 is 67.0. The van der Waals surface area contributed by atoms with Gasteiger partial charge in [-0.1, -0.05) is 49.2 Å². The Hall–Kier alpha value is -5.66. The summed E-state index contributed by atoms with van der Waals surface area (Å²) in [4.78, 5) is 33.5. The number of hydrogen-bond acceptors (Lipinski definition) is 12. The number of carbonyl (C=O) groups is 1. The second-order valence-electron chi connectivity index (χ2n) is 16.3. The number of rotatable bonds is 18. The van der Waals surface area contributed by atoms with Gasteiger partial charge in [-0.25, -0.2) is 26.9 Å². The van der Waals surface area contributed by atoms with Crippen molar-refractivity contribution in [3.8, 4) is 11.5 Å². The fourth-order valence-electron chi connectivity index (χ4n) is 7.77. The molecule has 5 aromatic rings. The van der Waals surface area contributed by atoms with Crippen molar-refractivity contribution < 1.29 is 36.4 Å². The molecule has 1 unspecified atom stereocenters. The van der Waals surface area contributed by atoms with Crippen LogP contribution in [0.2, 0.25) is 5.02 Å². The van der Waals surface area contributed by atoms with E-state index in [0.717, 1.165) is 31.4 Å². The molecule has 2 aliphatic rings. The zero-order chi connectivity index (χ0) is 44.7. The molecule has 15 nitrogen and oxygen atoms in total. The fraction of sp³-hybridized carbons (Fsp3) is 0.364. The first-order chi connectivity index (χ1) is 30.1. The largest absolute Gasteiger partial charge is 0.454 e. The number of sulfonamides is 1. The van der Waals surface area contributed by atoms with Crippen LogP contribution in [0.25, 0.3) is 16.6 Å². The molecule has 0 saturated carbocycles. The molecule has 1 fully saturated rings. The summed E-state index contributed by atoms with van der Waals surface area (Å²) in [5.41, 5.74) is 5.11. The number of carbonyl (C=O) groups excluding carboxylic acids is 1. The van der Waals surface area contributed by atoms with E-state index in [1.54, 1.807) is 35.2 Å². The molecule has 1 atom stereocenters. The second kappa shape index (κ2) is 19.8. The van der Waals surface area contributed by atoms with Crippen LogP contribution >= 0.6 is 11.6 Å². The molecule has 2 heterocycles. The molecule has 63 heavy (non-hydrogen) atoms. The number of alkyl halides is 2. The van der Waals surface area contributed by atoms with E-state index in [-0.39, 0.29) is 42.1 Å². The zero-order valence-electron chi connectivity index (χ0n) is 34.8. The number of H-pyrrole nitrogens is 1. The number of benzene rings is 4. The van der Waals surface area contributed by atoms with Gasteiger partial charge in [0.25, 0.3) is 28.0 Å². The predicted octanol–water partition coefficient (Wildman–Crippen LogP) is 8.08. The number of imidazole rings is 1. The number of ether oxygens (including phenoxy) is 2. The van der Waals surface area contributed by atoms with Gasteiger partial charge in [-0.2, -0.15) is 0 Å². The summed E-state index contributed by atoms with van der Waals surface area (Å²) >= 11 is 6.18. The molecule has 1 aliphatic heterocycles. The van der Waals surface area contributed by atoms with Crippen molar-refractivity contribution in [3.05, 3.63) is 117 Å². The molecule has 1 saturated heterocycles. The summed E-state index contributed by atoms with van der Waals surface area (Å²) in [6.45, 7) is 6.77. The number of fused-ring (bicyclic) bond motifs is 1. The Kier molecular flexibility index (Phi) is 14.3. The van der Waals surface area contributed by atoms with Crippen molar-refractivity contribution in [1.82, 2.24) is 24.9 Å². The number of nitrogens with one attached hydrogen (secondary N) is 5. The van der Waals surface area contributed by atoms with Crippen molar-refractivity contribution in [2.75, 3.05) is 63.1 Å². The van der Waals surface area contributed by atoms with E-state index in [1.165, 1.54) is 35.2 Å². The Morgan fingerprint density at radius 2 is 1.89 bits per heavy atom. The number of halogens is 3. The summed E-state index contributed by atoms with van der Waals surface area (Å²) in [7, 11) is -4.66. The molecule has 1 aliphatic carbocycles. The molecule has 0 spiro atoms. The minimum Gasteiger partial charge on any atom is -0.454 e. The minimum absolute atomic E-state index is 0.0146. The lowest BCUT2D eigenvalue weighted by atomic mass is 9.72. The topological polar surface area (TPSA) is 193 Å². The smallest absolute Gasteiger partial charge is 0.293 e. The fourth-order valence-corrected chi connectivity index (χ4v) is 8.88. The highest BCUT2D eigenvalue weighted by molar-refractivity contribution is 7.90. The van der Waals surface area contributed by atoms with E-state index >= 15 is 0 Å². The van der Waals surface area contributed by atoms with Gasteiger partial charge >= 0.3 is 0 Å². The zero-order valence-corrected chi connectivity index (χ0v) is 36.3. The van der Waals surface area contributed by atoms with E-state index in [4.69, 9.17) is 21.1 Å². The normalized spacial score (nSPS) is 16.9. The molecule has 334 valence electrons. The maximum Gasteiger partial charge on any atom is 0.293 e. The summed E-state index contributed by atoms with van der Waals surface area (Å²) in [6, 6.07) is 21.0. The third-order valence-corrected chi connectivity index (χ3v) is 12.6. The second-order valence-corrected chi connectivity index (χ2v) is 18.4. The SMILES string of the molecule is CC1(C)CCC(CNCCNc2ccc(C(=O)NS(=O)(=O)c3ccc(NCC4CN(CC(F)F)CCO4)c([N+](=O)[O-])c3)c(Oc3cccc4[nH]cnc34)c2)=C(c2ccc(Cl)cc2)C1. The number of nitrogens with zero attached hydrogens (tertiary/aromatic N) is 3. The Bertz CT molecular complexity index is 2590. The number of morpholine rings is 1. The molecule has 1 aromatic heterocycles. The van der Waals surface area contributed by atoms with Crippen LogP contribution in [0.15, 0.2) is 95.7 Å². The highest BCUT2D eigenvalue weighted by Gasteiger charge is 2.29. The predicted molar refractivity (Wildman–Crippen MR) is 238 cm³/mol. The first kappa shape index (κ1) is 45.4. The number of hydrogen-bond donors (Lipinski definition) is 5. The highest BCUT2D eigenvalue weighted by Crippen LogP contribution is 2.43. The van der Waals surface area contributed by atoms with Gasteiger partial charge in [0.1, 0.15) is 17.0 Å². The van der Waals surface area contributed by atoms with Crippen LogP contribution in [0.5, 0.6) is 11.5 Å². The van der Waals surface area contributed by atoms with Gasteiger partial charge in [0, 0.05) is 62.1 Å². The van der Waals surface area contributed by atoms with Gasteiger partial charge < -0.3 is 30.4 Å². The summed E-state index contributed by atoms with van der Waals surface area (Å²) in [6.07, 6.45) is 1.48. The maximum absolute atomic E-state index is 13.8. The Labute approximate surface area is 368 Å². The minimum atomic E-state index is -4.66. The molecule has 1 amide bonds. The van der Waals surface area contributed by atoms with E-state index in [2.05, 4.69) is 51.9 Å². The number of nitro groups is 1. The Morgan fingerprint density at radius 1 is 1.08 bits per heavy atom. The molecule has 0 bridgehead atoms. The molecule has 7 rings (SSSR count). The van der Waals surface area contributed by atoms with E-state index in [0.29, 0.717) is 53.7 Å². The molecule has 19 heteroatoms. The number of para-hydroxylation sites is 1. The van der Waals surface area contributed by atoms with Crippen LogP contribution in [0.3, 0.4) is 0 Å². The van der Waals surface area contributed by atoms with Crippen molar-refractivity contribution in [2.24, 2.45) is 5.41 Å². The van der Waals surface area contributed by atoms with Crippen LogP contribution in [0.1, 0.15) is 49.0 Å². The lowest BCUT2D eigenvalue weighted by Gasteiger charge is -2.34. The van der Waals surface area contributed by atoms with Gasteiger partial charge in [-0.15, -0.1) is 0 Å². The molecule has 5 N–H and O–H groups in total. The van der Waals surface area contributed by atoms with Crippen LogP contribution in [-0.2, 0) is 14.8 Å². The van der Waals surface area contributed by atoms with Crippen molar-refractivity contribution in [3.63, 3.8) is 0 Å². The number of aromatic amines is 1. The van der Waals surface area contributed by atoms with E-state index in [9.17, 15) is 32.1 Å². The average molecular weight is 907 g/mol. The lowest BCUT2D eigenvalue weighted by Crippen LogP contribution is -2.46. The van der Waals surface area contributed by atoms with Gasteiger partial charge in [-0.05, 0) is 84.3 Å². The van der Waals surface area contributed by atoms with Gasteiger partial charge in [0.05, 0.1) is 46.5 Å². The number of nitro benzene ring substituents is 1. The quantitative estimate of drug-likeness (QED) is 0.0323. The van der Waals surface area contributed by atoms with Crippen LogP contribution in [0.4, 0.5) is 25.8 Å². The number of anilines is 2. The molecule has 4 aromatic carbocycles. The summed E-state index contributed by atoms with van der Waals surface area (Å²) in [5.74, 6) is -0.703. The first-order valence-electron chi connectivity index (χ1n) is 20.5. The third kappa shape index (κ3) is 11.7. The van der Waals surface area contributed by atoms with Crippen molar-refractivity contribution >= 4 is 61.2 Å². The Balaban J connectivity index is 1.04. The average Bonchev–Trinajstić information content (AvgIpc) is 3.73. The molecular weight excluding hydrogens is 858 g/mol. The van der Waals surface area contributed by atoms with Crippen molar-refractivity contribution in [1.29, 1.82) is 0 Å². The van der Waals surface area contributed by atoms with Crippen molar-refractivity contribution in [2.45, 2.75) is 50.5 Å². The van der Waals surface area contributed by atoms with Crippen LogP contribution < -0.4 is 25.4 Å². The summed E-state index contributed by atoms with van der Waals surface area (Å²) in [5, 5.41) is 22.6. The maximum atomic E-state index is 13.8. The monoisotopic (exact) mass is 906 g/mol. The van der Waals surface area contributed by atoms with Gasteiger partial charge in [0.15, 0.2) is 5.75 Å². The highest BCUT2D eigenvalue weighted by atomic mass is 35.5. The molecular formula is C44H49ClF2N8O7S.